The summed E-state index contributed by atoms with van der Waals surface area (Å²) in [5, 5.41) is 3.45. The van der Waals surface area contributed by atoms with Crippen molar-refractivity contribution in [1.82, 2.24) is 9.29 Å². The van der Waals surface area contributed by atoms with E-state index in [0.29, 0.717) is 28.9 Å². The molecule has 3 aromatic rings. The largest absolute Gasteiger partial charge is 0.302 e. The number of nitrogens with one attached hydrogen (secondary N) is 1. The van der Waals surface area contributed by atoms with Crippen LogP contribution in [0.5, 0.6) is 0 Å². The molecule has 1 unspecified atom stereocenters. The average molecular weight is 470 g/mol. The molecule has 1 aliphatic heterocycles. The fourth-order valence-electron chi connectivity index (χ4n) is 3.46. The Balaban J connectivity index is 1.51. The van der Waals surface area contributed by atoms with Crippen LogP contribution >= 0.6 is 34.3 Å². The summed E-state index contributed by atoms with van der Waals surface area (Å²) in [6, 6.07) is 7.15. The number of thiophene rings is 1. The predicted molar refractivity (Wildman–Crippen MR) is 119 cm³/mol. The topological polar surface area (TPSA) is 79.4 Å². The lowest BCUT2D eigenvalue weighted by molar-refractivity contribution is -0.120. The van der Waals surface area contributed by atoms with Crippen molar-refractivity contribution in [3.63, 3.8) is 0 Å². The van der Waals surface area contributed by atoms with Crippen molar-refractivity contribution in [2.45, 2.75) is 30.9 Å². The maximum Gasteiger partial charge on any atom is 0.252 e. The van der Waals surface area contributed by atoms with Crippen molar-refractivity contribution in [2.24, 2.45) is 5.92 Å². The third kappa shape index (κ3) is 4.06. The van der Waals surface area contributed by atoms with Crippen LogP contribution in [-0.4, -0.2) is 36.7 Å². The number of nitrogens with zero attached hydrogens (tertiary/aromatic N) is 2. The van der Waals surface area contributed by atoms with E-state index in [9.17, 15) is 13.2 Å². The van der Waals surface area contributed by atoms with Gasteiger partial charge in [-0.2, -0.15) is 4.31 Å². The highest BCUT2D eigenvalue weighted by atomic mass is 35.5. The Bertz CT molecular complexity index is 1150. The Morgan fingerprint density at radius 1 is 1.21 bits per heavy atom. The minimum Gasteiger partial charge on any atom is -0.302 e. The van der Waals surface area contributed by atoms with Gasteiger partial charge in [-0.1, -0.05) is 35.1 Å². The number of anilines is 1. The maximum atomic E-state index is 12.9. The number of carbonyl (C=O) groups is 1. The van der Waals surface area contributed by atoms with Crippen LogP contribution in [0.4, 0.5) is 5.13 Å². The molecule has 1 aliphatic rings. The maximum absolute atomic E-state index is 12.9. The summed E-state index contributed by atoms with van der Waals surface area (Å²) in [4.78, 5) is 17.4. The minimum absolute atomic E-state index is 0.159. The van der Waals surface area contributed by atoms with Gasteiger partial charge in [0.15, 0.2) is 5.13 Å². The molecule has 3 heterocycles. The van der Waals surface area contributed by atoms with Gasteiger partial charge < -0.3 is 5.32 Å². The number of fused-ring (bicyclic) bond motifs is 1. The van der Waals surface area contributed by atoms with Crippen molar-refractivity contribution >= 4 is 65.6 Å². The van der Waals surface area contributed by atoms with Gasteiger partial charge in [0.2, 0.25) is 5.91 Å². The van der Waals surface area contributed by atoms with Gasteiger partial charge in [0.05, 0.1) is 20.5 Å². The first-order valence-electron chi connectivity index (χ1n) is 9.19. The lowest BCUT2D eigenvalue weighted by Crippen LogP contribution is -2.43. The van der Waals surface area contributed by atoms with Crippen LogP contribution in [-0.2, 0) is 14.8 Å². The van der Waals surface area contributed by atoms with Gasteiger partial charge in [0.1, 0.15) is 4.21 Å². The molecule has 0 spiro atoms. The van der Waals surface area contributed by atoms with Gasteiger partial charge in [-0.15, -0.1) is 11.3 Å². The van der Waals surface area contributed by atoms with E-state index in [-0.39, 0.29) is 16.7 Å². The number of aromatic nitrogens is 1. The molecule has 4 rings (SSSR count). The van der Waals surface area contributed by atoms with Gasteiger partial charge in [-0.05, 0) is 49.9 Å². The molecular weight excluding hydrogens is 450 g/mol. The second-order valence-electron chi connectivity index (χ2n) is 7.15. The van der Waals surface area contributed by atoms with E-state index in [0.717, 1.165) is 32.7 Å². The van der Waals surface area contributed by atoms with Gasteiger partial charge in [0.25, 0.3) is 10.0 Å². The highest BCUT2D eigenvalue weighted by Crippen LogP contribution is 2.33. The standard InChI is InChI=1S/C19H20ClN3O3S3/c1-11-5-6-12(2)17-16(11)21-19(28-17)22-18(24)13-4-3-9-23(10-13)29(25,26)15-8-7-14(20)27-15/h5-8,13H,3-4,9-10H2,1-2H3,(H,21,22,24). The van der Waals surface area contributed by atoms with Crippen molar-refractivity contribution < 1.29 is 13.2 Å². The molecule has 1 atom stereocenters. The molecule has 0 saturated carbocycles. The molecular formula is C19H20ClN3O3S3. The fourth-order valence-corrected chi connectivity index (χ4v) is 7.63. The first kappa shape index (κ1) is 20.7. The van der Waals surface area contributed by atoms with Gasteiger partial charge in [-0.3, -0.25) is 4.79 Å². The molecule has 1 saturated heterocycles. The molecule has 10 heteroatoms. The summed E-state index contributed by atoms with van der Waals surface area (Å²) in [6.45, 7) is 4.58. The first-order valence-corrected chi connectivity index (χ1v) is 12.6. The second kappa shape index (κ2) is 7.96. The second-order valence-corrected chi connectivity index (χ2v) is 12.0. The van der Waals surface area contributed by atoms with Crippen LogP contribution in [0, 0.1) is 19.8 Å². The van der Waals surface area contributed by atoms with E-state index in [1.807, 2.05) is 26.0 Å². The van der Waals surface area contributed by atoms with Crippen LogP contribution < -0.4 is 5.32 Å². The van der Waals surface area contributed by atoms with E-state index in [4.69, 9.17) is 11.6 Å². The SMILES string of the molecule is Cc1ccc(C)c2sc(NC(=O)C3CCCN(S(=O)(=O)c4ccc(Cl)s4)C3)nc12. The van der Waals surface area contributed by atoms with E-state index >= 15 is 0 Å². The van der Waals surface area contributed by atoms with Crippen LogP contribution in [0.2, 0.25) is 4.34 Å². The predicted octanol–water partition coefficient (Wildman–Crippen LogP) is 4.67. The molecule has 1 amide bonds. The number of amides is 1. The quantitative estimate of drug-likeness (QED) is 0.602. The van der Waals surface area contributed by atoms with Gasteiger partial charge in [0, 0.05) is 13.1 Å². The van der Waals surface area contributed by atoms with E-state index in [1.54, 1.807) is 6.07 Å². The fraction of sp³-hybridized carbons (Fsp3) is 0.368. The molecule has 0 radical (unpaired) electrons. The third-order valence-corrected chi connectivity index (χ3v) is 9.74. The number of hydrogen-bond donors (Lipinski definition) is 1. The van der Waals surface area contributed by atoms with E-state index in [2.05, 4.69) is 10.3 Å². The first-order chi connectivity index (χ1) is 13.8. The lowest BCUT2D eigenvalue weighted by atomic mass is 9.99. The number of benzene rings is 1. The zero-order valence-corrected chi connectivity index (χ0v) is 19.1. The molecule has 1 fully saturated rings. The summed E-state index contributed by atoms with van der Waals surface area (Å²) in [5.41, 5.74) is 3.08. The van der Waals surface area contributed by atoms with Gasteiger partial charge in [-0.25, -0.2) is 13.4 Å². The monoisotopic (exact) mass is 469 g/mol. The normalized spacial score (nSPS) is 18.2. The number of carbonyl (C=O) groups excluding carboxylic acids is 1. The summed E-state index contributed by atoms with van der Waals surface area (Å²) in [6.07, 6.45) is 1.28. The number of sulfonamides is 1. The number of rotatable bonds is 4. The third-order valence-electron chi connectivity index (χ3n) is 5.07. The zero-order valence-electron chi connectivity index (χ0n) is 15.9. The number of halogens is 1. The highest BCUT2D eigenvalue weighted by Gasteiger charge is 2.34. The molecule has 6 nitrogen and oxygen atoms in total. The Kier molecular flexibility index (Phi) is 5.69. The van der Waals surface area contributed by atoms with Crippen molar-refractivity contribution in [1.29, 1.82) is 0 Å². The molecule has 29 heavy (non-hydrogen) atoms. The summed E-state index contributed by atoms with van der Waals surface area (Å²) in [7, 11) is -3.64. The molecule has 2 aromatic heterocycles. The number of piperidine rings is 1. The van der Waals surface area contributed by atoms with E-state index in [1.165, 1.54) is 21.7 Å². The van der Waals surface area contributed by atoms with Crippen LogP contribution in [0.15, 0.2) is 28.5 Å². The zero-order chi connectivity index (χ0) is 20.8. The molecule has 1 N–H and O–H groups in total. The average Bonchev–Trinajstić information content (AvgIpc) is 3.32. The van der Waals surface area contributed by atoms with E-state index < -0.39 is 15.9 Å². The number of hydrogen-bond acceptors (Lipinski definition) is 6. The highest BCUT2D eigenvalue weighted by molar-refractivity contribution is 7.91. The van der Waals surface area contributed by atoms with Crippen molar-refractivity contribution in [2.75, 3.05) is 18.4 Å². The summed E-state index contributed by atoms with van der Waals surface area (Å²) < 4.78 is 28.8. The Labute approximate surface area is 182 Å². The Morgan fingerprint density at radius 3 is 2.66 bits per heavy atom. The number of aryl methyl sites for hydroxylation is 2. The Hall–Kier alpha value is -1.52. The minimum atomic E-state index is -3.64. The van der Waals surface area contributed by atoms with Crippen molar-refractivity contribution in [3.05, 3.63) is 39.7 Å². The van der Waals surface area contributed by atoms with Crippen LogP contribution in [0.3, 0.4) is 0 Å². The van der Waals surface area contributed by atoms with Gasteiger partial charge >= 0.3 is 0 Å². The lowest BCUT2D eigenvalue weighted by Gasteiger charge is -2.30. The molecule has 154 valence electrons. The van der Waals surface area contributed by atoms with Crippen LogP contribution in [0.1, 0.15) is 24.0 Å². The Morgan fingerprint density at radius 2 is 1.97 bits per heavy atom. The molecule has 0 aliphatic carbocycles. The number of thiazole rings is 1. The van der Waals surface area contributed by atoms with Crippen molar-refractivity contribution in [3.8, 4) is 0 Å². The molecule has 0 bridgehead atoms. The summed E-state index contributed by atoms with van der Waals surface area (Å²) >= 11 is 8.38. The molecule has 1 aromatic carbocycles. The summed E-state index contributed by atoms with van der Waals surface area (Å²) in [5.74, 6) is -0.605. The smallest absolute Gasteiger partial charge is 0.252 e. The van der Waals surface area contributed by atoms with Crippen LogP contribution in [0.25, 0.3) is 10.2 Å².